The minimum atomic E-state index is -0.770. The Morgan fingerprint density at radius 2 is 1.84 bits per heavy atom. The number of amides is 4. The number of fused-ring (bicyclic) bond motifs is 1. The molecule has 9 heteroatoms. The van der Waals surface area contributed by atoms with Gasteiger partial charge in [0.05, 0.1) is 4.88 Å². The van der Waals surface area contributed by atoms with Crippen molar-refractivity contribution in [3.8, 4) is 0 Å². The van der Waals surface area contributed by atoms with Gasteiger partial charge in [-0.25, -0.2) is 10.3 Å². The fourth-order valence-electron chi connectivity index (χ4n) is 3.16. The van der Waals surface area contributed by atoms with E-state index in [9.17, 15) is 14.4 Å². The summed E-state index contributed by atoms with van der Waals surface area (Å²) in [6.07, 6.45) is 2.16. The van der Waals surface area contributed by atoms with Crippen molar-refractivity contribution in [1.29, 1.82) is 0 Å². The van der Waals surface area contributed by atoms with E-state index in [0.717, 1.165) is 28.5 Å². The van der Waals surface area contributed by atoms with Gasteiger partial charge in [-0.05, 0) is 41.6 Å². The molecule has 1 atom stereocenters. The number of nitrogens with one attached hydrogen (secondary N) is 4. The van der Waals surface area contributed by atoms with E-state index in [0.29, 0.717) is 23.5 Å². The molecule has 0 fully saturated rings. The number of hydrogen-bond acceptors (Lipinski definition) is 5. The Morgan fingerprint density at radius 3 is 2.56 bits per heavy atom. The van der Waals surface area contributed by atoms with Crippen LogP contribution in [0, 0.1) is 0 Å². The summed E-state index contributed by atoms with van der Waals surface area (Å²) in [4.78, 5) is 37.3. The molecule has 4 amide bonds. The standard InChI is InChI=1S/C23H26N4O4S/c1-2-3-11-24-23(30)26-18(12-15-7-5-4-6-8-15)21(28)25-17-9-10-19-16(13-17)14-20(32-19)22(29)27-31/h4-10,13-14,18,31H,2-3,11-12H2,1H3,(H,25,28)(H,27,29)(H2,24,26,30)/t18-/m0/s1. The molecule has 0 aliphatic heterocycles. The second-order valence-corrected chi connectivity index (χ2v) is 8.37. The molecule has 2 aromatic carbocycles. The van der Waals surface area contributed by atoms with E-state index in [1.54, 1.807) is 29.7 Å². The zero-order valence-corrected chi connectivity index (χ0v) is 18.5. The van der Waals surface area contributed by atoms with Gasteiger partial charge in [-0.15, -0.1) is 11.3 Å². The Hall–Kier alpha value is -3.43. The smallest absolute Gasteiger partial charge is 0.315 e. The quantitative estimate of drug-likeness (QED) is 0.192. The van der Waals surface area contributed by atoms with Crippen LogP contribution < -0.4 is 21.4 Å². The summed E-state index contributed by atoms with van der Waals surface area (Å²) in [7, 11) is 0. The fraction of sp³-hybridized carbons (Fsp3) is 0.261. The third kappa shape index (κ3) is 6.29. The van der Waals surface area contributed by atoms with Gasteiger partial charge in [0.25, 0.3) is 5.91 Å². The van der Waals surface area contributed by atoms with E-state index in [-0.39, 0.29) is 11.9 Å². The minimum Gasteiger partial charge on any atom is -0.338 e. The second kappa shape index (κ2) is 11.3. The molecule has 1 heterocycles. The number of urea groups is 1. The van der Waals surface area contributed by atoms with Crippen LogP contribution >= 0.6 is 11.3 Å². The molecule has 0 saturated carbocycles. The first kappa shape index (κ1) is 23.2. The Balaban J connectivity index is 1.74. The SMILES string of the molecule is CCCCNC(=O)N[C@@H](Cc1ccccc1)C(=O)Nc1ccc2sc(C(=O)NO)cc2c1. The van der Waals surface area contributed by atoms with Gasteiger partial charge in [0.2, 0.25) is 5.91 Å². The van der Waals surface area contributed by atoms with Crippen molar-refractivity contribution in [2.75, 3.05) is 11.9 Å². The highest BCUT2D eigenvalue weighted by Gasteiger charge is 2.22. The van der Waals surface area contributed by atoms with E-state index in [1.165, 1.54) is 11.3 Å². The summed E-state index contributed by atoms with van der Waals surface area (Å²) >= 11 is 1.23. The number of hydrogen-bond donors (Lipinski definition) is 5. The number of thiophene rings is 1. The highest BCUT2D eigenvalue weighted by Crippen LogP contribution is 2.28. The van der Waals surface area contributed by atoms with Crippen molar-refractivity contribution in [3.05, 3.63) is 65.0 Å². The van der Waals surface area contributed by atoms with Gasteiger partial charge in [-0.3, -0.25) is 14.8 Å². The van der Waals surface area contributed by atoms with Crippen molar-refractivity contribution in [1.82, 2.24) is 16.1 Å². The van der Waals surface area contributed by atoms with Crippen LogP contribution in [0.4, 0.5) is 10.5 Å². The van der Waals surface area contributed by atoms with Gasteiger partial charge >= 0.3 is 6.03 Å². The number of hydroxylamine groups is 1. The molecule has 5 N–H and O–H groups in total. The fourth-order valence-corrected chi connectivity index (χ4v) is 4.10. The first-order chi connectivity index (χ1) is 15.5. The number of rotatable bonds is 9. The van der Waals surface area contributed by atoms with Crippen molar-refractivity contribution in [2.45, 2.75) is 32.2 Å². The normalized spacial score (nSPS) is 11.6. The maximum Gasteiger partial charge on any atom is 0.315 e. The van der Waals surface area contributed by atoms with Crippen molar-refractivity contribution in [3.63, 3.8) is 0 Å². The lowest BCUT2D eigenvalue weighted by molar-refractivity contribution is -0.117. The van der Waals surface area contributed by atoms with E-state index < -0.39 is 11.9 Å². The van der Waals surface area contributed by atoms with Crippen molar-refractivity contribution >= 4 is 45.0 Å². The Morgan fingerprint density at radius 1 is 1.06 bits per heavy atom. The number of carbonyl (C=O) groups excluding carboxylic acids is 3. The Bertz CT molecular complexity index is 1080. The molecule has 8 nitrogen and oxygen atoms in total. The van der Waals surface area contributed by atoms with Gasteiger partial charge in [-0.1, -0.05) is 43.7 Å². The topological polar surface area (TPSA) is 120 Å². The molecule has 1 aromatic heterocycles. The molecular formula is C23H26N4O4S. The average molecular weight is 455 g/mol. The predicted octanol–water partition coefficient (Wildman–Crippen LogP) is 3.67. The molecule has 0 unspecified atom stereocenters. The van der Waals surface area contributed by atoms with E-state index in [4.69, 9.17) is 5.21 Å². The zero-order valence-electron chi connectivity index (χ0n) is 17.7. The van der Waals surface area contributed by atoms with Crippen LogP contribution in [0.15, 0.2) is 54.6 Å². The van der Waals surface area contributed by atoms with Gasteiger partial charge in [0.1, 0.15) is 6.04 Å². The van der Waals surface area contributed by atoms with Crippen LogP contribution in [0.3, 0.4) is 0 Å². The summed E-state index contributed by atoms with van der Waals surface area (Å²) in [5.41, 5.74) is 3.09. The lowest BCUT2D eigenvalue weighted by atomic mass is 10.1. The van der Waals surface area contributed by atoms with E-state index in [1.807, 2.05) is 37.3 Å². The van der Waals surface area contributed by atoms with Crippen LogP contribution in [0.2, 0.25) is 0 Å². The molecule has 0 saturated heterocycles. The van der Waals surface area contributed by atoms with Crippen LogP contribution in [-0.4, -0.2) is 35.6 Å². The minimum absolute atomic E-state index is 0.343. The highest BCUT2D eigenvalue weighted by molar-refractivity contribution is 7.20. The van der Waals surface area contributed by atoms with Crippen LogP contribution in [0.1, 0.15) is 35.0 Å². The maximum atomic E-state index is 13.0. The van der Waals surface area contributed by atoms with Crippen LogP contribution in [0.25, 0.3) is 10.1 Å². The summed E-state index contributed by atoms with van der Waals surface area (Å²) in [6, 6.07) is 15.2. The van der Waals surface area contributed by atoms with Gasteiger partial charge in [0.15, 0.2) is 0 Å². The number of carbonyl (C=O) groups is 3. The molecule has 0 spiro atoms. The van der Waals surface area contributed by atoms with Gasteiger partial charge < -0.3 is 16.0 Å². The Kier molecular flexibility index (Phi) is 8.18. The average Bonchev–Trinajstić information content (AvgIpc) is 3.22. The van der Waals surface area contributed by atoms with E-state index in [2.05, 4.69) is 16.0 Å². The van der Waals surface area contributed by atoms with Gasteiger partial charge in [0, 0.05) is 23.4 Å². The van der Waals surface area contributed by atoms with Crippen molar-refractivity contribution < 1.29 is 19.6 Å². The first-order valence-corrected chi connectivity index (χ1v) is 11.2. The number of unbranched alkanes of at least 4 members (excludes halogenated alkanes) is 1. The molecule has 32 heavy (non-hydrogen) atoms. The summed E-state index contributed by atoms with van der Waals surface area (Å²) in [5.74, 6) is -0.930. The number of benzene rings is 2. The molecule has 168 valence electrons. The van der Waals surface area contributed by atoms with Crippen LogP contribution in [0.5, 0.6) is 0 Å². The number of anilines is 1. The lowest BCUT2D eigenvalue weighted by Gasteiger charge is -2.19. The third-order valence-electron chi connectivity index (χ3n) is 4.83. The highest BCUT2D eigenvalue weighted by atomic mass is 32.1. The molecule has 0 aliphatic carbocycles. The molecule has 3 aromatic rings. The zero-order chi connectivity index (χ0) is 22.9. The summed E-state index contributed by atoms with van der Waals surface area (Å²) < 4.78 is 0.843. The molecule has 0 bridgehead atoms. The van der Waals surface area contributed by atoms with Crippen molar-refractivity contribution in [2.24, 2.45) is 0 Å². The van der Waals surface area contributed by atoms with E-state index >= 15 is 0 Å². The Labute approximate surface area is 190 Å². The van der Waals surface area contributed by atoms with Crippen LogP contribution in [-0.2, 0) is 11.2 Å². The second-order valence-electron chi connectivity index (χ2n) is 7.29. The predicted molar refractivity (Wildman–Crippen MR) is 125 cm³/mol. The summed E-state index contributed by atoms with van der Waals surface area (Å²) in [5, 5.41) is 18.0. The summed E-state index contributed by atoms with van der Waals surface area (Å²) in [6.45, 7) is 2.58. The molecule has 0 aliphatic rings. The first-order valence-electron chi connectivity index (χ1n) is 10.4. The largest absolute Gasteiger partial charge is 0.338 e. The maximum absolute atomic E-state index is 13.0. The lowest BCUT2D eigenvalue weighted by Crippen LogP contribution is -2.49. The molecular weight excluding hydrogens is 428 g/mol. The third-order valence-corrected chi connectivity index (χ3v) is 5.94. The monoisotopic (exact) mass is 454 g/mol. The molecule has 0 radical (unpaired) electrons. The van der Waals surface area contributed by atoms with Gasteiger partial charge in [-0.2, -0.15) is 0 Å². The molecule has 3 rings (SSSR count).